The van der Waals surface area contributed by atoms with Crippen LogP contribution in [0.5, 0.6) is 0 Å². The Kier molecular flexibility index (Phi) is 6.27. The smallest absolute Gasteiger partial charge is 0.103 e. The van der Waals surface area contributed by atoms with Gasteiger partial charge in [-0.25, -0.2) is 4.98 Å². The summed E-state index contributed by atoms with van der Waals surface area (Å²) >= 11 is 3.72. The van der Waals surface area contributed by atoms with E-state index in [1.165, 1.54) is 26.0 Å². The number of nitrogens with zero attached hydrogens (tertiary/aromatic N) is 1. The molecule has 21 heavy (non-hydrogen) atoms. The molecule has 0 saturated heterocycles. The lowest BCUT2D eigenvalue weighted by Crippen LogP contribution is -2.21. The molecule has 2 rings (SSSR count). The van der Waals surface area contributed by atoms with E-state index in [0.717, 1.165) is 18.7 Å². The molecule has 0 spiro atoms. The number of thiazole rings is 1. The Morgan fingerprint density at radius 1 is 1.24 bits per heavy atom. The molecule has 1 N–H and O–H groups in total. The summed E-state index contributed by atoms with van der Waals surface area (Å²) in [6, 6.07) is 9.23. The van der Waals surface area contributed by atoms with Gasteiger partial charge >= 0.3 is 0 Å². The molecule has 0 atom stereocenters. The van der Waals surface area contributed by atoms with Gasteiger partial charge in [0.25, 0.3) is 0 Å². The van der Waals surface area contributed by atoms with Crippen molar-refractivity contribution in [2.24, 2.45) is 0 Å². The van der Waals surface area contributed by atoms with Crippen molar-refractivity contribution in [3.05, 3.63) is 45.4 Å². The summed E-state index contributed by atoms with van der Waals surface area (Å²) in [5.74, 6) is 0.961. The minimum Gasteiger partial charge on any atom is -0.310 e. The average molecular weight is 321 g/mol. The molecular weight excluding hydrogens is 296 g/mol. The predicted octanol–water partition coefficient (Wildman–Crippen LogP) is 4.80. The van der Waals surface area contributed by atoms with E-state index in [1.807, 2.05) is 23.1 Å². The first kappa shape index (κ1) is 16.5. The summed E-state index contributed by atoms with van der Waals surface area (Å²) < 4.78 is 0. The van der Waals surface area contributed by atoms with Gasteiger partial charge in [0.05, 0.1) is 11.4 Å². The fourth-order valence-electron chi connectivity index (χ4n) is 1.99. The molecule has 1 aromatic carbocycles. The van der Waals surface area contributed by atoms with Gasteiger partial charge in [0.2, 0.25) is 0 Å². The van der Waals surface area contributed by atoms with Crippen LogP contribution >= 0.6 is 23.1 Å². The number of hydrogen-bond acceptors (Lipinski definition) is 4. The lowest BCUT2D eigenvalue weighted by Gasteiger charge is -2.06. The maximum absolute atomic E-state index is 4.80. The van der Waals surface area contributed by atoms with Gasteiger partial charge in [0.15, 0.2) is 0 Å². The molecule has 0 bridgehead atoms. The van der Waals surface area contributed by atoms with Gasteiger partial charge in [-0.2, -0.15) is 0 Å². The molecule has 0 unspecified atom stereocenters. The maximum Gasteiger partial charge on any atom is 0.103 e. The van der Waals surface area contributed by atoms with Gasteiger partial charge in [-0.15, -0.1) is 23.1 Å². The van der Waals surface area contributed by atoms with Crippen LogP contribution in [0.4, 0.5) is 0 Å². The van der Waals surface area contributed by atoms with E-state index in [4.69, 9.17) is 4.98 Å². The lowest BCUT2D eigenvalue weighted by atomic mass is 10.2. The van der Waals surface area contributed by atoms with Crippen LogP contribution < -0.4 is 5.32 Å². The number of aromatic nitrogens is 1. The van der Waals surface area contributed by atoms with E-state index >= 15 is 0 Å². The molecule has 0 radical (unpaired) electrons. The third-order valence-corrected chi connectivity index (χ3v) is 5.52. The number of nitrogens with one attached hydrogen (secondary N) is 1. The molecule has 2 nitrogen and oxygen atoms in total. The van der Waals surface area contributed by atoms with Crippen molar-refractivity contribution in [2.75, 3.05) is 0 Å². The SMILES string of the molecule is CCc1nc(CSc2ccc(C)cc2)sc1CNC(C)C. The summed E-state index contributed by atoms with van der Waals surface area (Å²) in [7, 11) is 0. The molecule has 114 valence electrons. The first-order valence-electron chi connectivity index (χ1n) is 7.48. The van der Waals surface area contributed by atoms with E-state index in [0.29, 0.717) is 6.04 Å². The highest BCUT2D eigenvalue weighted by atomic mass is 32.2. The molecule has 0 fully saturated rings. The summed E-state index contributed by atoms with van der Waals surface area (Å²) in [4.78, 5) is 7.51. The lowest BCUT2D eigenvalue weighted by molar-refractivity contribution is 0.590. The summed E-state index contributed by atoms with van der Waals surface area (Å²) in [5, 5.41) is 4.73. The third kappa shape index (κ3) is 5.13. The minimum atomic E-state index is 0.516. The zero-order chi connectivity index (χ0) is 15.2. The zero-order valence-corrected chi connectivity index (χ0v) is 14.9. The van der Waals surface area contributed by atoms with Gasteiger partial charge in [-0.1, -0.05) is 38.5 Å². The van der Waals surface area contributed by atoms with Crippen molar-refractivity contribution in [1.29, 1.82) is 0 Å². The van der Waals surface area contributed by atoms with E-state index in [1.54, 1.807) is 0 Å². The van der Waals surface area contributed by atoms with Gasteiger partial charge in [0.1, 0.15) is 5.01 Å². The van der Waals surface area contributed by atoms with Crippen molar-refractivity contribution < 1.29 is 0 Å². The predicted molar refractivity (Wildman–Crippen MR) is 94.2 cm³/mol. The molecule has 0 saturated carbocycles. The quantitative estimate of drug-likeness (QED) is 0.741. The normalized spacial score (nSPS) is 11.3. The Morgan fingerprint density at radius 3 is 2.57 bits per heavy atom. The van der Waals surface area contributed by atoms with Crippen molar-refractivity contribution in [1.82, 2.24) is 10.3 Å². The molecule has 0 aliphatic heterocycles. The van der Waals surface area contributed by atoms with Gasteiger partial charge in [-0.05, 0) is 25.5 Å². The maximum atomic E-state index is 4.80. The van der Waals surface area contributed by atoms with Gasteiger partial charge < -0.3 is 5.32 Å². The number of hydrogen-bond donors (Lipinski definition) is 1. The molecule has 0 aliphatic carbocycles. The molecule has 4 heteroatoms. The highest BCUT2D eigenvalue weighted by molar-refractivity contribution is 7.98. The topological polar surface area (TPSA) is 24.9 Å². The van der Waals surface area contributed by atoms with Crippen LogP contribution in [0.2, 0.25) is 0 Å². The zero-order valence-electron chi connectivity index (χ0n) is 13.3. The van der Waals surface area contributed by atoms with Crippen molar-refractivity contribution in [2.45, 2.75) is 57.4 Å². The summed E-state index contributed by atoms with van der Waals surface area (Å²) in [6.07, 6.45) is 1.01. The van der Waals surface area contributed by atoms with Crippen LogP contribution in [0, 0.1) is 6.92 Å². The van der Waals surface area contributed by atoms with Crippen LogP contribution in [0.3, 0.4) is 0 Å². The molecular formula is C17H24N2S2. The number of rotatable bonds is 7. The number of thioether (sulfide) groups is 1. The molecule has 1 heterocycles. The second-order valence-electron chi connectivity index (χ2n) is 5.47. The first-order valence-corrected chi connectivity index (χ1v) is 9.29. The summed E-state index contributed by atoms with van der Waals surface area (Å²) in [5.41, 5.74) is 2.57. The molecule has 1 aromatic heterocycles. The number of benzene rings is 1. The summed E-state index contributed by atoms with van der Waals surface area (Å²) in [6.45, 7) is 9.61. The largest absolute Gasteiger partial charge is 0.310 e. The highest BCUT2D eigenvalue weighted by Crippen LogP contribution is 2.27. The minimum absolute atomic E-state index is 0.516. The van der Waals surface area contributed by atoms with Crippen LogP contribution in [0.15, 0.2) is 29.2 Å². The van der Waals surface area contributed by atoms with Crippen LogP contribution in [-0.2, 0) is 18.7 Å². The van der Waals surface area contributed by atoms with E-state index < -0.39 is 0 Å². The first-order chi connectivity index (χ1) is 10.1. The Balaban J connectivity index is 1.98. The van der Waals surface area contributed by atoms with Gasteiger partial charge in [0, 0.05) is 22.4 Å². The van der Waals surface area contributed by atoms with E-state index in [-0.39, 0.29) is 0 Å². The van der Waals surface area contributed by atoms with Crippen molar-refractivity contribution in [3.8, 4) is 0 Å². The second kappa shape index (κ2) is 7.97. The van der Waals surface area contributed by atoms with Gasteiger partial charge in [-0.3, -0.25) is 0 Å². The number of aryl methyl sites for hydroxylation is 2. The highest BCUT2D eigenvalue weighted by Gasteiger charge is 2.10. The second-order valence-corrected chi connectivity index (χ2v) is 7.69. The molecule has 0 amide bonds. The fourth-order valence-corrected chi connectivity index (χ4v) is 3.99. The monoisotopic (exact) mass is 320 g/mol. The van der Waals surface area contributed by atoms with Crippen LogP contribution in [0.25, 0.3) is 0 Å². The van der Waals surface area contributed by atoms with E-state index in [2.05, 4.69) is 57.3 Å². The van der Waals surface area contributed by atoms with E-state index in [9.17, 15) is 0 Å². The molecule has 0 aliphatic rings. The van der Waals surface area contributed by atoms with Crippen molar-refractivity contribution >= 4 is 23.1 Å². The molecule has 2 aromatic rings. The van der Waals surface area contributed by atoms with Crippen molar-refractivity contribution in [3.63, 3.8) is 0 Å². The Morgan fingerprint density at radius 2 is 1.95 bits per heavy atom. The van der Waals surface area contributed by atoms with Crippen LogP contribution in [-0.4, -0.2) is 11.0 Å². The Labute approximate surface area is 136 Å². The standard InChI is InChI=1S/C17H24N2S2/c1-5-15-16(10-18-12(2)3)21-17(19-15)11-20-14-8-6-13(4)7-9-14/h6-9,12,18H,5,10-11H2,1-4H3. The average Bonchev–Trinajstić information content (AvgIpc) is 2.87. The van der Waals surface area contributed by atoms with Crippen LogP contribution in [0.1, 0.15) is 41.9 Å². The Bertz CT molecular complexity index is 559. The Hall–Kier alpha value is -0.840. The third-order valence-electron chi connectivity index (χ3n) is 3.21. The fraction of sp³-hybridized carbons (Fsp3) is 0.471.